The number of halogens is 1. The predicted octanol–water partition coefficient (Wildman–Crippen LogP) is -1.58. The summed E-state index contributed by atoms with van der Waals surface area (Å²) >= 11 is 0. The summed E-state index contributed by atoms with van der Waals surface area (Å²) in [5.74, 6) is 1.20. The minimum absolute atomic E-state index is 0. The number of nitrogens with two attached hydrogens (primary N) is 1. The van der Waals surface area contributed by atoms with E-state index in [1.165, 1.54) is 11.3 Å². The van der Waals surface area contributed by atoms with Gasteiger partial charge in [-0.15, -0.1) is 0 Å². The van der Waals surface area contributed by atoms with Crippen LogP contribution in [0.25, 0.3) is 11.0 Å². The number of fused-ring (bicyclic) bond motifs is 1. The van der Waals surface area contributed by atoms with Crippen LogP contribution < -0.4 is 34.3 Å². The van der Waals surface area contributed by atoms with E-state index in [-0.39, 0.29) is 36.3 Å². The zero-order valence-electron chi connectivity index (χ0n) is 11.6. The molecule has 19 heavy (non-hydrogen) atoms. The van der Waals surface area contributed by atoms with Gasteiger partial charge in [0.2, 0.25) is 0 Å². The molecule has 5 heteroatoms. The van der Waals surface area contributed by atoms with Crippen molar-refractivity contribution >= 4 is 16.8 Å². The molecule has 0 saturated carbocycles. The van der Waals surface area contributed by atoms with Crippen molar-refractivity contribution in [3.63, 3.8) is 0 Å². The maximum Gasteiger partial charge on any atom is 0.254 e. The number of rotatable bonds is 4. The molecule has 1 aromatic heterocycles. The van der Waals surface area contributed by atoms with Crippen molar-refractivity contribution < 1.29 is 33.3 Å². The zero-order chi connectivity index (χ0) is 13.3. The SMILES string of the molecule is CCn1c(C)[n+](CC)c2ccc(C(=O)CN)cc21.[I-]. The van der Waals surface area contributed by atoms with Crippen molar-refractivity contribution in [3.05, 3.63) is 29.6 Å². The molecule has 1 heterocycles. The molecule has 0 unspecified atom stereocenters. The van der Waals surface area contributed by atoms with Gasteiger partial charge in [0.25, 0.3) is 5.82 Å². The largest absolute Gasteiger partial charge is 1.00 e. The van der Waals surface area contributed by atoms with Crippen LogP contribution in [0.4, 0.5) is 0 Å². The van der Waals surface area contributed by atoms with E-state index in [1.54, 1.807) is 0 Å². The Kier molecular flexibility index (Phi) is 5.49. The number of nitrogens with zero attached hydrogens (tertiary/aromatic N) is 2. The molecule has 4 nitrogen and oxygen atoms in total. The van der Waals surface area contributed by atoms with Gasteiger partial charge in [-0.25, -0.2) is 9.13 Å². The molecule has 2 rings (SSSR count). The Morgan fingerprint density at radius 2 is 2.05 bits per heavy atom. The molecular weight excluding hydrogens is 353 g/mol. The van der Waals surface area contributed by atoms with Crippen LogP contribution in [0.3, 0.4) is 0 Å². The van der Waals surface area contributed by atoms with Gasteiger partial charge in [-0.2, -0.15) is 0 Å². The molecule has 1 aromatic carbocycles. The molecule has 0 amide bonds. The molecule has 0 fully saturated rings. The number of Topliss-reactive ketones (excluding diaryl/α,β-unsaturated/α-hetero) is 1. The van der Waals surface area contributed by atoms with E-state index < -0.39 is 0 Å². The van der Waals surface area contributed by atoms with Crippen molar-refractivity contribution in [2.75, 3.05) is 6.54 Å². The third-order valence-electron chi connectivity index (χ3n) is 3.48. The highest BCUT2D eigenvalue weighted by molar-refractivity contribution is 5.99. The lowest BCUT2D eigenvalue weighted by Gasteiger charge is -1.98. The summed E-state index contributed by atoms with van der Waals surface area (Å²) in [6, 6.07) is 5.83. The minimum Gasteiger partial charge on any atom is -1.00 e. The summed E-state index contributed by atoms with van der Waals surface area (Å²) in [7, 11) is 0. The number of aryl methyl sites for hydroxylation is 2. The van der Waals surface area contributed by atoms with Gasteiger partial charge in [-0.1, -0.05) is 0 Å². The van der Waals surface area contributed by atoms with Gasteiger partial charge in [-0.3, -0.25) is 4.79 Å². The number of benzene rings is 1. The molecule has 0 aliphatic rings. The first-order valence-electron chi connectivity index (χ1n) is 6.40. The van der Waals surface area contributed by atoms with E-state index in [4.69, 9.17) is 5.73 Å². The van der Waals surface area contributed by atoms with Crippen LogP contribution in [0, 0.1) is 6.92 Å². The first kappa shape index (κ1) is 16.1. The molecule has 2 aromatic rings. The normalized spacial score (nSPS) is 10.5. The highest BCUT2D eigenvalue weighted by Crippen LogP contribution is 2.17. The number of ketones is 1. The fraction of sp³-hybridized carbons (Fsp3) is 0.429. The molecule has 0 bridgehead atoms. The Labute approximate surface area is 130 Å². The highest BCUT2D eigenvalue weighted by Gasteiger charge is 2.20. The Morgan fingerprint density at radius 1 is 1.37 bits per heavy atom. The smallest absolute Gasteiger partial charge is 0.254 e. The number of aromatic nitrogens is 2. The van der Waals surface area contributed by atoms with Crippen molar-refractivity contribution in [2.45, 2.75) is 33.9 Å². The van der Waals surface area contributed by atoms with Crippen molar-refractivity contribution in [1.82, 2.24) is 4.57 Å². The first-order valence-corrected chi connectivity index (χ1v) is 6.40. The topological polar surface area (TPSA) is 51.9 Å². The van der Waals surface area contributed by atoms with Gasteiger partial charge in [0.05, 0.1) is 19.6 Å². The molecule has 0 spiro atoms. The van der Waals surface area contributed by atoms with Crippen LogP contribution in [-0.2, 0) is 13.1 Å². The lowest BCUT2D eigenvalue weighted by Crippen LogP contribution is -3.00. The highest BCUT2D eigenvalue weighted by atomic mass is 127. The van der Waals surface area contributed by atoms with Gasteiger partial charge >= 0.3 is 0 Å². The van der Waals surface area contributed by atoms with E-state index in [1.807, 2.05) is 18.2 Å². The Balaban J connectivity index is 0.00000180. The molecule has 0 radical (unpaired) electrons. The number of carbonyl (C=O) groups is 1. The molecular formula is C14H20IN3O. The van der Waals surface area contributed by atoms with E-state index in [0.29, 0.717) is 5.56 Å². The van der Waals surface area contributed by atoms with Crippen LogP contribution in [0.15, 0.2) is 18.2 Å². The number of hydrogen-bond acceptors (Lipinski definition) is 2. The fourth-order valence-corrected chi connectivity index (χ4v) is 2.55. The van der Waals surface area contributed by atoms with E-state index >= 15 is 0 Å². The molecule has 104 valence electrons. The second kappa shape index (κ2) is 6.47. The monoisotopic (exact) mass is 373 g/mol. The number of hydrogen-bond donors (Lipinski definition) is 1. The van der Waals surface area contributed by atoms with E-state index in [0.717, 1.165) is 18.6 Å². The second-order valence-electron chi connectivity index (χ2n) is 4.37. The molecule has 0 aliphatic heterocycles. The van der Waals surface area contributed by atoms with Crippen LogP contribution in [0.1, 0.15) is 30.0 Å². The Hall–Kier alpha value is -0.950. The third-order valence-corrected chi connectivity index (χ3v) is 3.48. The van der Waals surface area contributed by atoms with Gasteiger partial charge in [0.1, 0.15) is 0 Å². The first-order chi connectivity index (χ1) is 8.63. The second-order valence-corrected chi connectivity index (χ2v) is 4.37. The van der Waals surface area contributed by atoms with Crippen molar-refractivity contribution in [3.8, 4) is 0 Å². The van der Waals surface area contributed by atoms with Crippen molar-refractivity contribution in [2.24, 2.45) is 5.73 Å². The maximum atomic E-state index is 11.7. The van der Waals surface area contributed by atoms with Crippen LogP contribution >= 0.6 is 0 Å². The summed E-state index contributed by atoms with van der Waals surface area (Å²) < 4.78 is 4.49. The lowest BCUT2D eigenvalue weighted by molar-refractivity contribution is -0.674. The standard InChI is InChI=1S/C14H20N3O.HI/c1-4-16-10(3)17(5-2)13-8-11(14(18)9-15)6-7-12(13)16;/h6-8H,4-5,9,15H2,1-3H3;1H/q+1;/p-1. The lowest BCUT2D eigenvalue weighted by atomic mass is 10.1. The van der Waals surface area contributed by atoms with E-state index in [2.05, 4.69) is 29.9 Å². The molecule has 0 aliphatic carbocycles. The summed E-state index contributed by atoms with van der Waals surface area (Å²) in [5.41, 5.74) is 8.39. The van der Waals surface area contributed by atoms with E-state index in [9.17, 15) is 4.79 Å². The fourth-order valence-electron chi connectivity index (χ4n) is 2.55. The van der Waals surface area contributed by atoms with Gasteiger partial charge < -0.3 is 29.7 Å². The molecule has 2 N–H and O–H groups in total. The minimum atomic E-state index is -0.0125. The van der Waals surface area contributed by atoms with Crippen molar-refractivity contribution in [1.29, 1.82) is 0 Å². The third kappa shape index (κ3) is 2.67. The molecule has 0 saturated heterocycles. The van der Waals surface area contributed by atoms with Crippen LogP contribution in [0.2, 0.25) is 0 Å². The average molecular weight is 373 g/mol. The maximum absolute atomic E-state index is 11.7. The summed E-state index contributed by atoms with van der Waals surface area (Å²) in [4.78, 5) is 11.7. The summed E-state index contributed by atoms with van der Waals surface area (Å²) in [5, 5.41) is 0. The summed E-state index contributed by atoms with van der Waals surface area (Å²) in [6.45, 7) is 8.24. The van der Waals surface area contributed by atoms with Gasteiger partial charge in [0, 0.05) is 18.6 Å². The van der Waals surface area contributed by atoms with Crippen LogP contribution in [-0.4, -0.2) is 16.9 Å². The number of carbonyl (C=O) groups excluding carboxylic acids is 1. The van der Waals surface area contributed by atoms with Gasteiger partial charge in [-0.05, 0) is 26.0 Å². The van der Waals surface area contributed by atoms with Gasteiger partial charge in [0.15, 0.2) is 16.8 Å². The molecule has 0 atom stereocenters. The Morgan fingerprint density at radius 3 is 2.58 bits per heavy atom. The zero-order valence-corrected chi connectivity index (χ0v) is 13.8. The van der Waals surface area contributed by atoms with Crippen LogP contribution in [0.5, 0.6) is 0 Å². The Bertz CT molecular complexity index is 604. The summed E-state index contributed by atoms with van der Waals surface area (Å²) in [6.07, 6.45) is 0. The average Bonchev–Trinajstić information content (AvgIpc) is 2.67. The quantitative estimate of drug-likeness (QED) is 0.400. The predicted molar refractivity (Wildman–Crippen MR) is 71.6 cm³/mol. The number of imidazole rings is 1.